The predicted octanol–water partition coefficient (Wildman–Crippen LogP) is 3.78. The average Bonchev–Trinajstić information content (AvgIpc) is 3.09. The number of halogens is 3. The van der Waals surface area contributed by atoms with Gasteiger partial charge in [-0.2, -0.15) is 0 Å². The molecule has 128 valence electrons. The van der Waals surface area contributed by atoms with Crippen LogP contribution in [0.4, 0.5) is 0 Å². The van der Waals surface area contributed by atoms with Gasteiger partial charge < -0.3 is 10.6 Å². The van der Waals surface area contributed by atoms with Crippen molar-refractivity contribution in [1.82, 2.24) is 15.6 Å². The van der Waals surface area contributed by atoms with E-state index in [-0.39, 0.29) is 30.7 Å². The molecule has 0 aromatic carbocycles. The predicted molar refractivity (Wildman–Crippen MR) is 103 cm³/mol. The first-order chi connectivity index (χ1) is 10.2. The van der Waals surface area contributed by atoms with Gasteiger partial charge in [-0.3, -0.25) is 4.79 Å². The lowest BCUT2D eigenvalue weighted by Gasteiger charge is -2.23. The average molecular weight is 415 g/mol. The second kappa shape index (κ2) is 9.81. The van der Waals surface area contributed by atoms with Crippen molar-refractivity contribution >= 4 is 65.0 Å². The van der Waals surface area contributed by atoms with Crippen LogP contribution in [-0.2, 0) is 11.2 Å². The Morgan fingerprint density at radius 3 is 2.74 bits per heavy atom. The molecule has 1 aliphatic heterocycles. The smallest absolute Gasteiger partial charge is 0.226 e. The molecule has 0 atom stereocenters. The van der Waals surface area contributed by atoms with Gasteiger partial charge >= 0.3 is 0 Å². The number of nitrogens with one attached hydrogen (secondary N) is 2. The summed E-state index contributed by atoms with van der Waals surface area (Å²) in [6, 6.07) is 4.13. The molecule has 0 unspecified atom stereocenters. The number of hydrogen-bond acceptors (Lipinski definition) is 5. The van der Waals surface area contributed by atoms with Crippen molar-refractivity contribution in [2.24, 2.45) is 0 Å². The second-order valence-corrected chi connectivity index (χ2v) is 7.59. The first-order valence-electron chi connectivity index (χ1n) is 6.91. The van der Waals surface area contributed by atoms with E-state index in [0.29, 0.717) is 12.5 Å². The van der Waals surface area contributed by atoms with Crippen molar-refractivity contribution in [1.29, 1.82) is 0 Å². The van der Waals surface area contributed by atoms with Crippen molar-refractivity contribution in [3.05, 3.63) is 27.5 Å². The summed E-state index contributed by atoms with van der Waals surface area (Å²) in [5, 5.41) is 9.25. The van der Waals surface area contributed by atoms with Gasteiger partial charge in [0.15, 0.2) is 0 Å². The topological polar surface area (TPSA) is 54.0 Å². The third kappa shape index (κ3) is 5.89. The maximum atomic E-state index is 12.0. The fourth-order valence-corrected chi connectivity index (χ4v) is 4.27. The quantitative estimate of drug-likeness (QED) is 0.800. The van der Waals surface area contributed by atoms with E-state index in [1.165, 1.54) is 11.3 Å². The maximum Gasteiger partial charge on any atom is 0.226 e. The summed E-state index contributed by atoms with van der Waals surface area (Å²) < 4.78 is 0.755. The van der Waals surface area contributed by atoms with Gasteiger partial charge in [0.1, 0.15) is 5.01 Å². The molecule has 4 nitrogen and oxygen atoms in total. The molecule has 1 fully saturated rings. The van der Waals surface area contributed by atoms with E-state index < -0.39 is 0 Å². The maximum absolute atomic E-state index is 12.0. The van der Waals surface area contributed by atoms with Gasteiger partial charge in [-0.05, 0) is 38.1 Å². The standard InChI is InChI=1S/C14H16ClN3OS2.2ClH/c15-12-2-1-11(21-12)14-18-10(8-20-14)7-13(19)17-9-3-5-16-6-4-9;;/h1-2,8-9,16H,3-7H2,(H,17,19);2*1H. The number of thiazole rings is 1. The van der Waals surface area contributed by atoms with Crippen molar-refractivity contribution < 1.29 is 4.79 Å². The minimum atomic E-state index is 0. The molecule has 1 amide bonds. The number of rotatable bonds is 4. The van der Waals surface area contributed by atoms with Gasteiger partial charge in [0.25, 0.3) is 0 Å². The molecule has 0 bridgehead atoms. The Kier molecular flexibility index (Phi) is 8.82. The summed E-state index contributed by atoms with van der Waals surface area (Å²) >= 11 is 9.00. The van der Waals surface area contributed by atoms with Crippen molar-refractivity contribution in [2.45, 2.75) is 25.3 Å². The summed E-state index contributed by atoms with van der Waals surface area (Å²) in [7, 11) is 0. The third-order valence-electron chi connectivity index (χ3n) is 3.38. The Balaban J connectivity index is 0.00000132. The molecule has 23 heavy (non-hydrogen) atoms. The number of thiophene rings is 1. The van der Waals surface area contributed by atoms with Gasteiger partial charge in [0.2, 0.25) is 5.91 Å². The number of piperidine rings is 1. The van der Waals surface area contributed by atoms with Crippen molar-refractivity contribution in [3.8, 4) is 9.88 Å². The van der Waals surface area contributed by atoms with Gasteiger partial charge in [0, 0.05) is 11.4 Å². The fraction of sp³-hybridized carbons (Fsp3) is 0.429. The van der Waals surface area contributed by atoms with Gasteiger partial charge in [-0.25, -0.2) is 4.98 Å². The molecule has 3 rings (SSSR count). The molecule has 3 heterocycles. The Labute approximate surface area is 160 Å². The monoisotopic (exact) mass is 413 g/mol. The normalized spacial score (nSPS) is 14.7. The number of amides is 1. The van der Waals surface area contributed by atoms with E-state index in [4.69, 9.17) is 11.6 Å². The minimum Gasteiger partial charge on any atom is -0.353 e. The molecule has 0 saturated carbocycles. The first-order valence-corrected chi connectivity index (χ1v) is 8.98. The highest BCUT2D eigenvalue weighted by molar-refractivity contribution is 7.23. The van der Waals surface area contributed by atoms with Crippen LogP contribution in [0.15, 0.2) is 17.5 Å². The lowest BCUT2D eigenvalue weighted by atomic mass is 10.1. The van der Waals surface area contributed by atoms with Crippen LogP contribution < -0.4 is 10.6 Å². The zero-order valence-corrected chi connectivity index (χ0v) is 16.2. The van der Waals surface area contributed by atoms with E-state index in [1.807, 2.05) is 17.5 Å². The van der Waals surface area contributed by atoms with Crippen LogP contribution in [0.25, 0.3) is 9.88 Å². The van der Waals surface area contributed by atoms with E-state index in [9.17, 15) is 4.79 Å². The summed E-state index contributed by atoms with van der Waals surface area (Å²) in [6.07, 6.45) is 2.35. The van der Waals surface area contributed by atoms with Crippen LogP contribution in [0.1, 0.15) is 18.5 Å². The van der Waals surface area contributed by atoms with Gasteiger partial charge in [-0.15, -0.1) is 47.5 Å². The summed E-state index contributed by atoms with van der Waals surface area (Å²) in [6.45, 7) is 1.95. The highest BCUT2D eigenvalue weighted by Gasteiger charge is 2.16. The molecule has 1 aliphatic rings. The molecule has 0 spiro atoms. The fourth-order valence-electron chi connectivity index (χ4n) is 2.34. The summed E-state index contributed by atoms with van der Waals surface area (Å²) in [5.74, 6) is 0.0583. The molecule has 0 radical (unpaired) electrons. The van der Waals surface area contributed by atoms with Crippen LogP contribution in [0.5, 0.6) is 0 Å². The minimum absolute atomic E-state index is 0. The summed E-state index contributed by atoms with van der Waals surface area (Å²) in [4.78, 5) is 17.6. The van der Waals surface area contributed by atoms with Crippen molar-refractivity contribution in [3.63, 3.8) is 0 Å². The SMILES string of the molecule is Cl.Cl.O=C(Cc1csc(-c2ccc(Cl)s2)n1)NC1CCNCC1. The molecule has 2 aromatic heterocycles. The lowest BCUT2D eigenvalue weighted by Crippen LogP contribution is -2.43. The van der Waals surface area contributed by atoms with E-state index >= 15 is 0 Å². The zero-order chi connectivity index (χ0) is 14.7. The van der Waals surface area contributed by atoms with Crippen LogP contribution in [0.2, 0.25) is 4.34 Å². The Hall–Kier alpha value is -0.370. The van der Waals surface area contributed by atoms with Crippen LogP contribution in [-0.4, -0.2) is 30.0 Å². The van der Waals surface area contributed by atoms with Gasteiger partial charge in [-0.1, -0.05) is 11.6 Å². The van der Waals surface area contributed by atoms with E-state index in [0.717, 1.165) is 45.8 Å². The van der Waals surface area contributed by atoms with Crippen LogP contribution >= 0.6 is 59.1 Å². The first kappa shape index (κ1) is 20.7. The molecule has 9 heteroatoms. The molecular weight excluding hydrogens is 397 g/mol. The largest absolute Gasteiger partial charge is 0.353 e. The Morgan fingerprint density at radius 2 is 2.09 bits per heavy atom. The zero-order valence-electron chi connectivity index (χ0n) is 12.2. The lowest BCUT2D eigenvalue weighted by molar-refractivity contribution is -0.121. The number of carbonyl (C=O) groups excluding carboxylic acids is 1. The third-order valence-corrected chi connectivity index (χ3v) is 5.67. The number of nitrogens with zero attached hydrogens (tertiary/aromatic N) is 1. The van der Waals surface area contributed by atoms with E-state index in [1.54, 1.807) is 11.3 Å². The molecule has 1 saturated heterocycles. The van der Waals surface area contributed by atoms with Gasteiger partial charge in [0.05, 0.1) is 21.3 Å². The highest BCUT2D eigenvalue weighted by atomic mass is 35.5. The van der Waals surface area contributed by atoms with Crippen LogP contribution in [0.3, 0.4) is 0 Å². The molecule has 2 N–H and O–H groups in total. The second-order valence-electron chi connectivity index (χ2n) is 5.02. The number of hydrogen-bond donors (Lipinski definition) is 2. The number of carbonyl (C=O) groups is 1. The highest BCUT2D eigenvalue weighted by Crippen LogP contribution is 2.32. The Bertz CT molecular complexity index is 626. The molecule has 0 aliphatic carbocycles. The van der Waals surface area contributed by atoms with Crippen molar-refractivity contribution in [2.75, 3.05) is 13.1 Å². The van der Waals surface area contributed by atoms with Crippen LogP contribution in [0, 0.1) is 0 Å². The number of aromatic nitrogens is 1. The summed E-state index contributed by atoms with van der Waals surface area (Å²) in [5.41, 5.74) is 0.825. The molecular formula is C14H18Cl3N3OS2. The van der Waals surface area contributed by atoms with E-state index in [2.05, 4.69) is 15.6 Å². The molecule has 2 aromatic rings. The Morgan fingerprint density at radius 1 is 1.35 bits per heavy atom.